The summed E-state index contributed by atoms with van der Waals surface area (Å²) < 4.78 is 5.38. The van der Waals surface area contributed by atoms with Gasteiger partial charge in [-0.05, 0) is 39.0 Å². The molecule has 1 fully saturated rings. The highest BCUT2D eigenvalue weighted by molar-refractivity contribution is 6.34. The molecule has 1 saturated heterocycles. The summed E-state index contributed by atoms with van der Waals surface area (Å²) >= 11 is 6.06. The van der Waals surface area contributed by atoms with Crippen LogP contribution in [-0.2, 0) is 4.74 Å². The molecule has 1 N–H and O–H groups in total. The summed E-state index contributed by atoms with van der Waals surface area (Å²) in [7, 11) is 0. The number of hydrogen-bond acceptors (Lipinski definition) is 6. The Kier molecular flexibility index (Phi) is 7.41. The zero-order chi connectivity index (χ0) is 25.0. The predicted molar refractivity (Wildman–Crippen MR) is 126 cm³/mol. The van der Waals surface area contributed by atoms with E-state index in [9.17, 15) is 24.5 Å². The summed E-state index contributed by atoms with van der Waals surface area (Å²) in [5.41, 5.74) is -0.238. The van der Waals surface area contributed by atoms with E-state index >= 15 is 0 Å². The van der Waals surface area contributed by atoms with Crippen LogP contribution in [0, 0.1) is 10.1 Å². The minimum absolute atomic E-state index is 0.0421. The number of nitrogens with one attached hydrogen (secondary N) is 1. The normalized spacial score (nSPS) is 13.9. The van der Waals surface area contributed by atoms with Gasteiger partial charge >= 0.3 is 6.09 Å². The third kappa shape index (κ3) is 6.02. The Morgan fingerprint density at radius 2 is 1.62 bits per heavy atom. The molecule has 0 atom stereocenters. The van der Waals surface area contributed by atoms with Crippen molar-refractivity contribution in [3.63, 3.8) is 0 Å². The number of nitro groups is 1. The number of para-hydroxylation sites is 1. The van der Waals surface area contributed by atoms with Crippen molar-refractivity contribution in [2.75, 3.05) is 31.5 Å². The van der Waals surface area contributed by atoms with Crippen LogP contribution in [0.4, 0.5) is 16.2 Å². The lowest BCUT2D eigenvalue weighted by Crippen LogP contribution is -2.51. The van der Waals surface area contributed by atoms with Gasteiger partial charge in [0.2, 0.25) is 0 Å². The third-order valence-corrected chi connectivity index (χ3v) is 5.35. The highest BCUT2D eigenvalue weighted by atomic mass is 35.5. The smallest absolute Gasteiger partial charge is 0.410 e. The van der Waals surface area contributed by atoms with Crippen molar-refractivity contribution in [3.8, 4) is 0 Å². The first-order valence-corrected chi connectivity index (χ1v) is 11.0. The zero-order valence-electron chi connectivity index (χ0n) is 19.0. The van der Waals surface area contributed by atoms with Gasteiger partial charge < -0.3 is 19.9 Å². The van der Waals surface area contributed by atoms with Crippen LogP contribution in [0.25, 0.3) is 0 Å². The average Bonchev–Trinajstić information content (AvgIpc) is 2.77. The fourth-order valence-electron chi connectivity index (χ4n) is 3.36. The quantitative estimate of drug-likeness (QED) is 0.508. The summed E-state index contributed by atoms with van der Waals surface area (Å²) in [4.78, 5) is 51.6. The molecule has 0 unspecified atom stereocenters. The van der Waals surface area contributed by atoms with E-state index in [1.54, 1.807) is 54.8 Å². The number of anilines is 1. The summed E-state index contributed by atoms with van der Waals surface area (Å²) in [6.07, 6.45) is -0.424. The minimum atomic E-state index is -0.607. The van der Waals surface area contributed by atoms with Gasteiger partial charge in [-0.3, -0.25) is 19.7 Å². The van der Waals surface area contributed by atoms with Crippen LogP contribution in [0.2, 0.25) is 5.02 Å². The van der Waals surface area contributed by atoms with E-state index in [-0.39, 0.29) is 33.4 Å². The fourth-order valence-corrected chi connectivity index (χ4v) is 3.62. The first-order chi connectivity index (χ1) is 16.0. The average molecular weight is 489 g/mol. The Bertz CT molecular complexity index is 1120. The number of nitro benzene ring substituents is 1. The van der Waals surface area contributed by atoms with Crippen molar-refractivity contribution in [2.45, 2.75) is 26.4 Å². The van der Waals surface area contributed by atoms with Crippen LogP contribution in [0.15, 0.2) is 42.5 Å². The Labute approximate surface area is 201 Å². The molecule has 180 valence electrons. The van der Waals surface area contributed by atoms with Crippen LogP contribution < -0.4 is 5.32 Å². The van der Waals surface area contributed by atoms with Gasteiger partial charge in [-0.1, -0.05) is 23.7 Å². The van der Waals surface area contributed by atoms with E-state index in [1.165, 1.54) is 12.1 Å². The van der Waals surface area contributed by atoms with Crippen molar-refractivity contribution in [3.05, 3.63) is 68.7 Å². The molecule has 3 amide bonds. The highest BCUT2D eigenvalue weighted by Gasteiger charge is 2.29. The van der Waals surface area contributed by atoms with Crippen molar-refractivity contribution in [2.24, 2.45) is 0 Å². The molecule has 0 saturated carbocycles. The number of piperazine rings is 1. The summed E-state index contributed by atoms with van der Waals surface area (Å²) in [6.45, 7) is 6.66. The van der Waals surface area contributed by atoms with Crippen LogP contribution in [0.5, 0.6) is 0 Å². The molecular formula is C23H25ClN4O6. The maximum absolute atomic E-state index is 13.2. The minimum Gasteiger partial charge on any atom is -0.444 e. The summed E-state index contributed by atoms with van der Waals surface area (Å²) in [6, 6.07) is 10.1. The number of benzene rings is 2. The molecule has 0 radical (unpaired) electrons. The van der Waals surface area contributed by atoms with Crippen molar-refractivity contribution in [1.29, 1.82) is 0 Å². The van der Waals surface area contributed by atoms with Crippen LogP contribution in [0.3, 0.4) is 0 Å². The van der Waals surface area contributed by atoms with Crippen molar-refractivity contribution < 1.29 is 24.0 Å². The fraction of sp³-hybridized carbons (Fsp3) is 0.348. The lowest BCUT2D eigenvalue weighted by molar-refractivity contribution is -0.384. The molecule has 34 heavy (non-hydrogen) atoms. The Morgan fingerprint density at radius 1 is 1.00 bits per heavy atom. The van der Waals surface area contributed by atoms with E-state index in [2.05, 4.69) is 5.32 Å². The third-order valence-electron chi connectivity index (χ3n) is 5.03. The van der Waals surface area contributed by atoms with E-state index in [0.29, 0.717) is 26.2 Å². The molecule has 1 aliphatic heterocycles. The number of ether oxygens (including phenoxy) is 1. The molecule has 11 heteroatoms. The molecule has 0 bridgehead atoms. The first-order valence-electron chi connectivity index (χ1n) is 10.6. The van der Waals surface area contributed by atoms with Gasteiger partial charge in [0.05, 0.1) is 26.8 Å². The number of nitrogens with zero attached hydrogens (tertiary/aromatic N) is 3. The highest BCUT2D eigenvalue weighted by Crippen LogP contribution is 2.25. The molecule has 2 aromatic rings. The van der Waals surface area contributed by atoms with Crippen molar-refractivity contribution >= 4 is 40.9 Å². The molecule has 1 heterocycles. The second-order valence-electron chi connectivity index (χ2n) is 8.68. The molecule has 3 rings (SSSR count). The maximum Gasteiger partial charge on any atom is 0.410 e. The van der Waals surface area contributed by atoms with Crippen LogP contribution >= 0.6 is 11.6 Å². The standard InChI is InChI=1S/C23H25ClN4O6/c1-23(2,3)34-22(31)27-12-10-26(11-13-27)21(30)17-6-4-5-7-19(17)25-20(29)16-9-8-15(28(32)33)14-18(16)24/h4-9,14H,10-13H2,1-3H3,(H,25,29). The van der Waals surface area contributed by atoms with E-state index in [0.717, 1.165) is 6.07 Å². The zero-order valence-corrected chi connectivity index (χ0v) is 19.8. The summed E-state index contributed by atoms with van der Waals surface area (Å²) in [5, 5.41) is 13.5. The van der Waals surface area contributed by atoms with Gasteiger partial charge in [0.15, 0.2) is 0 Å². The molecule has 0 spiro atoms. The lowest BCUT2D eigenvalue weighted by atomic mass is 10.1. The molecule has 0 aromatic heterocycles. The Hall–Kier alpha value is -3.66. The second-order valence-corrected chi connectivity index (χ2v) is 9.09. The SMILES string of the molecule is CC(C)(C)OC(=O)N1CCN(C(=O)c2ccccc2NC(=O)c2ccc([N+](=O)[O-])cc2Cl)CC1. The van der Waals surface area contributed by atoms with Crippen LogP contribution in [0.1, 0.15) is 41.5 Å². The maximum atomic E-state index is 13.2. The number of halogens is 1. The second kappa shape index (κ2) is 10.1. The topological polar surface area (TPSA) is 122 Å². The number of hydrogen-bond donors (Lipinski definition) is 1. The monoisotopic (exact) mass is 488 g/mol. The van der Waals surface area contributed by atoms with Gasteiger partial charge in [-0.2, -0.15) is 0 Å². The van der Waals surface area contributed by atoms with E-state index in [1.807, 2.05) is 0 Å². The predicted octanol–water partition coefficient (Wildman–Crippen LogP) is 4.19. The molecule has 0 aliphatic carbocycles. The number of rotatable bonds is 4. The Balaban J connectivity index is 1.70. The van der Waals surface area contributed by atoms with E-state index < -0.39 is 22.5 Å². The molecular weight excluding hydrogens is 464 g/mol. The molecule has 2 aromatic carbocycles. The first kappa shape index (κ1) is 25.0. The van der Waals surface area contributed by atoms with Crippen LogP contribution in [-0.4, -0.2) is 64.4 Å². The molecule has 1 aliphatic rings. The van der Waals surface area contributed by atoms with Gasteiger partial charge in [0.1, 0.15) is 5.60 Å². The van der Waals surface area contributed by atoms with Gasteiger partial charge in [-0.15, -0.1) is 0 Å². The largest absolute Gasteiger partial charge is 0.444 e. The van der Waals surface area contributed by atoms with Crippen molar-refractivity contribution in [1.82, 2.24) is 9.80 Å². The summed E-state index contributed by atoms with van der Waals surface area (Å²) in [5.74, 6) is -0.899. The number of carbonyl (C=O) groups is 3. The lowest BCUT2D eigenvalue weighted by Gasteiger charge is -2.35. The van der Waals surface area contributed by atoms with Gasteiger partial charge in [0, 0.05) is 38.3 Å². The van der Waals surface area contributed by atoms with Gasteiger partial charge in [0.25, 0.3) is 17.5 Å². The van der Waals surface area contributed by atoms with E-state index in [4.69, 9.17) is 16.3 Å². The molecule has 10 nitrogen and oxygen atoms in total. The Morgan fingerprint density at radius 3 is 2.21 bits per heavy atom. The number of carbonyl (C=O) groups excluding carboxylic acids is 3. The number of non-ortho nitro benzene ring substituents is 1. The van der Waals surface area contributed by atoms with Gasteiger partial charge in [-0.25, -0.2) is 4.79 Å². The number of amides is 3.